The van der Waals surface area contributed by atoms with Crippen LogP contribution in [-0.4, -0.2) is 16.9 Å². The topological polar surface area (TPSA) is 98.3 Å². The second kappa shape index (κ2) is 9.65. The molecule has 7 nitrogen and oxygen atoms in total. The molecule has 2 aromatic carbocycles. The van der Waals surface area contributed by atoms with Gasteiger partial charge in [0.05, 0.1) is 9.85 Å². The van der Waals surface area contributed by atoms with Crippen molar-refractivity contribution in [2.24, 2.45) is 0 Å². The van der Waals surface area contributed by atoms with Crippen molar-refractivity contribution >= 4 is 27.3 Å². The minimum absolute atomic E-state index is 0.171. The van der Waals surface area contributed by atoms with Gasteiger partial charge in [-0.25, -0.2) is 0 Å². The molecule has 0 fully saturated rings. The van der Waals surface area contributed by atoms with E-state index < -0.39 is 0 Å². The summed E-state index contributed by atoms with van der Waals surface area (Å²) in [5.41, 5.74) is 1.76. The van der Waals surface area contributed by atoms with Crippen molar-refractivity contribution in [2.45, 2.75) is 11.9 Å². The third kappa shape index (κ3) is 5.76. The smallest absolute Gasteiger partial charge is 0.273 e. The van der Waals surface area contributed by atoms with Crippen LogP contribution in [0.1, 0.15) is 11.1 Å². The number of alkyl halides is 1. The Labute approximate surface area is 141 Å². The van der Waals surface area contributed by atoms with Gasteiger partial charge in [-0.15, -0.1) is 0 Å². The Morgan fingerprint density at radius 1 is 0.913 bits per heavy atom. The largest absolute Gasteiger partial charge is 0.315 e. The van der Waals surface area contributed by atoms with Gasteiger partial charge in [0.15, 0.2) is 0 Å². The average Bonchev–Trinajstić information content (AvgIpc) is 2.56. The molecule has 0 aliphatic carbocycles. The summed E-state index contributed by atoms with van der Waals surface area (Å²) in [5.74, 6) is 0. The zero-order valence-corrected chi connectivity index (χ0v) is 14.0. The van der Waals surface area contributed by atoms with Crippen molar-refractivity contribution in [3.8, 4) is 0 Å². The van der Waals surface area contributed by atoms with Crippen LogP contribution in [0, 0.1) is 20.2 Å². The Morgan fingerprint density at radius 2 is 1.35 bits per heavy atom. The van der Waals surface area contributed by atoms with E-state index in [0.717, 1.165) is 0 Å². The number of nitrogens with one attached hydrogen (secondary N) is 1. The molecule has 0 saturated heterocycles. The first-order valence-electron chi connectivity index (χ1n) is 6.66. The molecule has 8 heteroatoms. The quantitative estimate of drug-likeness (QED) is 0.482. The highest BCUT2D eigenvalue weighted by Crippen LogP contribution is 2.19. The Morgan fingerprint density at radius 3 is 1.74 bits per heavy atom. The Bertz CT molecular complexity index is 679. The lowest BCUT2D eigenvalue weighted by molar-refractivity contribution is -0.385. The molecule has 2 rings (SSSR count). The molecule has 1 N–H and O–H groups in total. The zero-order valence-electron chi connectivity index (χ0n) is 12.4. The van der Waals surface area contributed by atoms with Crippen molar-refractivity contribution in [1.29, 1.82) is 0 Å². The SMILES string of the molecule is CNCc1ccccc1[N+](=O)[O-].O=[N+]([O-])c1ccccc1CBr. The van der Waals surface area contributed by atoms with Gasteiger partial charge in [-0.05, 0) is 7.05 Å². The van der Waals surface area contributed by atoms with E-state index in [0.29, 0.717) is 23.0 Å². The molecule has 0 aliphatic rings. The van der Waals surface area contributed by atoms with E-state index in [1.54, 1.807) is 43.4 Å². The predicted molar refractivity (Wildman–Crippen MR) is 91.6 cm³/mol. The van der Waals surface area contributed by atoms with Gasteiger partial charge in [0.1, 0.15) is 0 Å². The van der Waals surface area contributed by atoms with E-state index in [9.17, 15) is 20.2 Å². The zero-order chi connectivity index (χ0) is 17.2. The second-order valence-corrected chi connectivity index (χ2v) is 5.00. The maximum atomic E-state index is 10.5. The lowest BCUT2D eigenvalue weighted by atomic mass is 10.2. The highest BCUT2D eigenvalue weighted by molar-refractivity contribution is 9.08. The summed E-state index contributed by atoms with van der Waals surface area (Å²) in [7, 11) is 1.76. The first-order valence-corrected chi connectivity index (χ1v) is 7.78. The molecule has 0 atom stereocenters. The monoisotopic (exact) mass is 381 g/mol. The van der Waals surface area contributed by atoms with Gasteiger partial charge >= 0.3 is 0 Å². The van der Waals surface area contributed by atoms with Gasteiger partial charge in [-0.3, -0.25) is 20.2 Å². The fourth-order valence-electron chi connectivity index (χ4n) is 1.83. The minimum atomic E-state index is -0.378. The minimum Gasteiger partial charge on any atom is -0.315 e. The second-order valence-electron chi connectivity index (χ2n) is 4.44. The molecule has 0 aliphatic heterocycles. The van der Waals surface area contributed by atoms with Gasteiger partial charge in [0, 0.05) is 35.1 Å². The molecule has 0 radical (unpaired) electrons. The molecule has 0 amide bonds. The highest BCUT2D eigenvalue weighted by Gasteiger charge is 2.10. The number of rotatable bonds is 5. The number of nitro groups is 2. The van der Waals surface area contributed by atoms with Crippen LogP contribution in [-0.2, 0) is 11.9 Å². The summed E-state index contributed by atoms with van der Waals surface area (Å²) in [6.45, 7) is 0.525. The normalized spacial score (nSPS) is 9.65. The number of hydrogen-bond acceptors (Lipinski definition) is 5. The first-order chi connectivity index (χ1) is 11.0. The Balaban J connectivity index is 0.000000231. The van der Waals surface area contributed by atoms with Gasteiger partial charge in [0.25, 0.3) is 11.4 Å². The molecular weight excluding hydrogens is 366 g/mol. The Kier molecular flexibility index (Phi) is 7.86. The number of para-hydroxylation sites is 2. The van der Waals surface area contributed by atoms with Crippen molar-refractivity contribution < 1.29 is 9.85 Å². The highest BCUT2D eigenvalue weighted by atomic mass is 79.9. The number of benzene rings is 2. The van der Waals surface area contributed by atoms with Crippen LogP contribution in [0.2, 0.25) is 0 Å². The molecule has 122 valence electrons. The van der Waals surface area contributed by atoms with E-state index in [1.165, 1.54) is 12.1 Å². The Hall–Kier alpha value is -2.32. The van der Waals surface area contributed by atoms with E-state index in [4.69, 9.17) is 0 Å². The third-order valence-electron chi connectivity index (χ3n) is 2.89. The summed E-state index contributed by atoms with van der Waals surface area (Å²) in [5, 5.41) is 24.2. The predicted octanol–water partition coefficient (Wildman–Crippen LogP) is 3.80. The molecule has 0 unspecified atom stereocenters. The van der Waals surface area contributed by atoms with Crippen molar-refractivity contribution in [1.82, 2.24) is 5.32 Å². The van der Waals surface area contributed by atoms with Crippen LogP contribution >= 0.6 is 15.9 Å². The van der Waals surface area contributed by atoms with E-state index in [-0.39, 0.29) is 21.2 Å². The number of nitrogens with zero attached hydrogens (tertiary/aromatic N) is 2. The van der Waals surface area contributed by atoms with Crippen molar-refractivity contribution in [3.63, 3.8) is 0 Å². The van der Waals surface area contributed by atoms with Crippen molar-refractivity contribution in [2.75, 3.05) is 7.05 Å². The maximum Gasteiger partial charge on any atom is 0.273 e. The van der Waals surface area contributed by atoms with Crippen LogP contribution in [0.5, 0.6) is 0 Å². The molecule has 0 bridgehead atoms. The van der Waals surface area contributed by atoms with Crippen LogP contribution in [0.15, 0.2) is 48.5 Å². The summed E-state index contributed by atoms with van der Waals surface area (Å²) in [4.78, 5) is 20.1. The lowest BCUT2D eigenvalue weighted by Gasteiger charge is -1.99. The summed E-state index contributed by atoms with van der Waals surface area (Å²) in [6, 6.07) is 13.4. The van der Waals surface area contributed by atoms with E-state index in [1.807, 2.05) is 0 Å². The third-order valence-corrected chi connectivity index (χ3v) is 3.49. The molecule has 0 saturated carbocycles. The standard InChI is InChI=1S/C8H10N2O2.C7H6BrNO2/c1-9-6-7-4-2-3-5-8(7)10(11)12;8-5-6-3-1-2-4-7(6)9(10)11/h2-5,9H,6H2,1H3;1-4H,5H2. The van der Waals surface area contributed by atoms with Gasteiger partial charge in [0.2, 0.25) is 0 Å². The fraction of sp³-hybridized carbons (Fsp3) is 0.200. The van der Waals surface area contributed by atoms with E-state index >= 15 is 0 Å². The van der Waals surface area contributed by atoms with E-state index in [2.05, 4.69) is 21.2 Å². The fourth-order valence-corrected chi connectivity index (χ4v) is 2.30. The molecular formula is C15H16BrN3O4. The van der Waals surface area contributed by atoms with Crippen LogP contribution in [0.3, 0.4) is 0 Å². The number of halogens is 1. The molecule has 0 heterocycles. The average molecular weight is 382 g/mol. The lowest BCUT2D eigenvalue weighted by Crippen LogP contribution is -2.07. The summed E-state index contributed by atoms with van der Waals surface area (Å²) in [6.07, 6.45) is 0. The number of nitro benzene ring substituents is 2. The van der Waals surface area contributed by atoms with Gasteiger partial charge < -0.3 is 5.32 Å². The summed E-state index contributed by atoms with van der Waals surface area (Å²) >= 11 is 3.17. The molecule has 0 aromatic heterocycles. The van der Waals surface area contributed by atoms with Gasteiger partial charge in [-0.1, -0.05) is 52.3 Å². The van der Waals surface area contributed by atoms with Crippen LogP contribution in [0.4, 0.5) is 11.4 Å². The summed E-state index contributed by atoms with van der Waals surface area (Å²) < 4.78 is 0. The molecule has 0 spiro atoms. The van der Waals surface area contributed by atoms with Crippen molar-refractivity contribution in [3.05, 3.63) is 79.9 Å². The van der Waals surface area contributed by atoms with Gasteiger partial charge in [-0.2, -0.15) is 0 Å². The molecule has 2 aromatic rings. The molecule has 23 heavy (non-hydrogen) atoms. The first kappa shape index (κ1) is 18.7. The number of hydrogen-bond donors (Lipinski definition) is 1. The van der Waals surface area contributed by atoms with Crippen LogP contribution < -0.4 is 5.32 Å². The maximum absolute atomic E-state index is 10.5. The van der Waals surface area contributed by atoms with Crippen LogP contribution in [0.25, 0.3) is 0 Å².